The highest BCUT2D eigenvalue weighted by Gasteiger charge is 2.05. The van der Waals surface area contributed by atoms with Crippen LogP contribution in [0.1, 0.15) is 29.5 Å². The highest BCUT2D eigenvalue weighted by atomic mass is 35.5. The van der Waals surface area contributed by atoms with Crippen molar-refractivity contribution >= 4 is 11.6 Å². The first-order chi connectivity index (χ1) is 7.69. The first-order valence-corrected chi connectivity index (χ1v) is 5.88. The van der Waals surface area contributed by atoms with Crippen molar-refractivity contribution in [1.29, 1.82) is 5.26 Å². The van der Waals surface area contributed by atoms with Crippen molar-refractivity contribution in [1.82, 2.24) is 0 Å². The summed E-state index contributed by atoms with van der Waals surface area (Å²) in [5, 5.41) is 8.42. The summed E-state index contributed by atoms with van der Waals surface area (Å²) in [5.74, 6) is 1.45. The van der Waals surface area contributed by atoms with Crippen LogP contribution >= 0.6 is 11.6 Å². The molecule has 0 atom stereocenters. The second kappa shape index (κ2) is 6.40. The summed E-state index contributed by atoms with van der Waals surface area (Å²) in [6, 6.07) is 6.19. The van der Waals surface area contributed by atoms with E-state index < -0.39 is 0 Å². The number of benzene rings is 1. The Morgan fingerprint density at radius 3 is 2.44 bits per heavy atom. The van der Waals surface area contributed by atoms with Crippen molar-refractivity contribution in [3.05, 3.63) is 28.8 Å². The Balaban J connectivity index is 2.69. The second-order valence-corrected chi connectivity index (χ2v) is 4.07. The van der Waals surface area contributed by atoms with Gasteiger partial charge >= 0.3 is 0 Å². The number of unbranched alkanes of at least 4 members (excludes halogenated alkanes) is 1. The van der Waals surface area contributed by atoms with Gasteiger partial charge in [-0.3, -0.25) is 0 Å². The molecule has 0 saturated heterocycles. The van der Waals surface area contributed by atoms with Gasteiger partial charge in [-0.25, -0.2) is 0 Å². The lowest BCUT2D eigenvalue weighted by Gasteiger charge is -2.12. The Morgan fingerprint density at radius 2 is 1.94 bits per heavy atom. The van der Waals surface area contributed by atoms with Crippen LogP contribution in [0, 0.1) is 25.2 Å². The number of rotatable bonds is 5. The van der Waals surface area contributed by atoms with Gasteiger partial charge in [-0.2, -0.15) is 5.26 Å². The summed E-state index contributed by atoms with van der Waals surface area (Å²) in [6.45, 7) is 4.63. The smallest absolute Gasteiger partial charge is 0.125 e. The maximum absolute atomic E-state index is 8.42. The highest BCUT2D eigenvalue weighted by Crippen LogP contribution is 2.25. The lowest BCUT2D eigenvalue weighted by atomic mass is 10.1. The van der Waals surface area contributed by atoms with Crippen molar-refractivity contribution in [2.24, 2.45) is 0 Å². The summed E-state index contributed by atoms with van der Waals surface area (Å²) in [5.41, 5.74) is 3.32. The summed E-state index contributed by atoms with van der Waals surface area (Å²) < 4.78 is 5.67. The van der Waals surface area contributed by atoms with Gasteiger partial charge in [0.25, 0.3) is 0 Å². The zero-order valence-electron chi connectivity index (χ0n) is 9.72. The predicted molar refractivity (Wildman–Crippen MR) is 65.8 cm³/mol. The van der Waals surface area contributed by atoms with Crippen LogP contribution in [0.15, 0.2) is 12.1 Å². The number of alkyl halides is 1. The maximum Gasteiger partial charge on any atom is 0.125 e. The van der Waals surface area contributed by atoms with E-state index in [4.69, 9.17) is 21.6 Å². The van der Waals surface area contributed by atoms with E-state index in [0.717, 1.165) is 28.9 Å². The topological polar surface area (TPSA) is 33.0 Å². The van der Waals surface area contributed by atoms with E-state index in [2.05, 4.69) is 6.07 Å². The molecular weight excluding hydrogens is 222 g/mol. The molecule has 0 aliphatic heterocycles. The van der Waals surface area contributed by atoms with E-state index in [1.807, 2.05) is 26.0 Å². The van der Waals surface area contributed by atoms with Crippen molar-refractivity contribution in [3.8, 4) is 11.8 Å². The Kier molecular flexibility index (Phi) is 5.14. The van der Waals surface area contributed by atoms with Gasteiger partial charge in [0.2, 0.25) is 0 Å². The average Bonchev–Trinajstić information content (AvgIpc) is 2.26. The van der Waals surface area contributed by atoms with Crippen LogP contribution in [0.25, 0.3) is 0 Å². The van der Waals surface area contributed by atoms with Gasteiger partial charge in [0.05, 0.1) is 12.7 Å². The standard InChI is InChI=1S/C13H16ClNO/c1-10-7-12(9-14)8-11(2)13(10)16-6-4-3-5-15/h7-8H,3-4,6,9H2,1-2H3. The molecule has 0 aromatic heterocycles. The van der Waals surface area contributed by atoms with Crippen molar-refractivity contribution < 1.29 is 4.74 Å². The van der Waals surface area contributed by atoms with Gasteiger partial charge in [-0.15, -0.1) is 11.6 Å². The van der Waals surface area contributed by atoms with Crippen LogP contribution in [0.4, 0.5) is 0 Å². The van der Waals surface area contributed by atoms with Crippen molar-refractivity contribution in [2.75, 3.05) is 6.61 Å². The summed E-state index contributed by atoms with van der Waals surface area (Å²) in [4.78, 5) is 0. The van der Waals surface area contributed by atoms with Crippen molar-refractivity contribution in [3.63, 3.8) is 0 Å². The van der Waals surface area contributed by atoms with Crippen LogP contribution in [0.2, 0.25) is 0 Å². The van der Waals surface area contributed by atoms with Crippen LogP contribution in [0.5, 0.6) is 5.75 Å². The van der Waals surface area contributed by atoms with E-state index in [9.17, 15) is 0 Å². The fourth-order valence-corrected chi connectivity index (χ4v) is 1.82. The SMILES string of the molecule is Cc1cc(CCl)cc(C)c1OCCCC#N. The molecule has 0 amide bonds. The molecule has 0 heterocycles. The van der Waals surface area contributed by atoms with Gasteiger partial charge in [-0.1, -0.05) is 12.1 Å². The normalized spacial score (nSPS) is 9.88. The van der Waals surface area contributed by atoms with Gasteiger partial charge in [0.15, 0.2) is 0 Å². The van der Waals surface area contributed by atoms with Gasteiger partial charge in [0.1, 0.15) is 5.75 Å². The average molecular weight is 238 g/mol. The summed E-state index contributed by atoms with van der Waals surface area (Å²) in [6.07, 6.45) is 1.31. The fourth-order valence-electron chi connectivity index (χ4n) is 1.67. The molecule has 0 aliphatic rings. The van der Waals surface area contributed by atoms with E-state index in [-0.39, 0.29) is 0 Å². The summed E-state index contributed by atoms with van der Waals surface area (Å²) >= 11 is 5.79. The number of hydrogen-bond acceptors (Lipinski definition) is 2. The van der Waals surface area contributed by atoms with E-state index in [1.165, 1.54) is 0 Å². The molecule has 1 aromatic rings. The molecular formula is C13H16ClNO. The zero-order valence-corrected chi connectivity index (χ0v) is 10.5. The third kappa shape index (κ3) is 3.43. The number of halogens is 1. The second-order valence-electron chi connectivity index (χ2n) is 3.80. The number of nitriles is 1. The molecule has 0 N–H and O–H groups in total. The largest absolute Gasteiger partial charge is 0.493 e. The molecule has 0 radical (unpaired) electrons. The Morgan fingerprint density at radius 1 is 1.31 bits per heavy atom. The van der Waals surface area contributed by atoms with Crippen molar-refractivity contribution in [2.45, 2.75) is 32.6 Å². The van der Waals surface area contributed by atoms with Crippen LogP contribution < -0.4 is 4.74 Å². The number of ether oxygens (including phenoxy) is 1. The highest BCUT2D eigenvalue weighted by molar-refractivity contribution is 6.17. The Bertz CT molecular complexity index is 372. The molecule has 0 aliphatic carbocycles. The molecule has 0 saturated carbocycles. The molecule has 0 bridgehead atoms. The molecule has 2 nitrogen and oxygen atoms in total. The van der Waals surface area contributed by atoms with Crippen LogP contribution in [0.3, 0.4) is 0 Å². The molecule has 86 valence electrons. The third-order valence-electron chi connectivity index (χ3n) is 2.35. The van der Waals surface area contributed by atoms with E-state index in [0.29, 0.717) is 18.9 Å². The van der Waals surface area contributed by atoms with Gasteiger partial charge in [0, 0.05) is 12.3 Å². The predicted octanol–water partition coefficient (Wildman–Crippen LogP) is 3.72. The third-order valence-corrected chi connectivity index (χ3v) is 2.66. The first-order valence-electron chi connectivity index (χ1n) is 5.35. The quantitative estimate of drug-likeness (QED) is 0.578. The molecule has 1 rings (SSSR count). The lowest BCUT2D eigenvalue weighted by Crippen LogP contribution is -2.01. The first kappa shape index (κ1) is 12.9. The Labute approximate surface area is 102 Å². The fraction of sp³-hybridized carbons (Fsp3) is 0.462. The number of hydrogen-bond donors (Lipinski definition) is 0. The molecule has 0 spiro atoms. The monoisotopic (exact) mass is 237 g/mol. The Hall–Kier alpha value is -1.20. The lowest BCUT2D eigenvalue weighted by molar-refractivity contribution is 0.308. The van der Waals surface area contributed by atoms with Gasteiger partial charge in [-0.05, 0) is 37.0 Å². The minimum absolute atomic E-state index is 0.524. The minimum atomic E-state index is 0.524. The summed E-state index contributed by atoms with van der Waals surface area (Å²) in [7, 11) is 0. The maximum atomic E-state index is 8.42. The molecule has 16 heavy (non-hydrogen) atoms. The van der Waals surface area contributed by atoms with Crippen LogP contribution in [-0.4, -0.2) is 6.61 Å². The van der Waals surface area contributed by atoms with E-state index >= 15 is 0 Å². The van der Waals surface area contributed by atoms with E-state index in [1.54, 1.807) is 0 Å². The number of aryl methyl sites for hydroxylation is 2. The minimum Gasteiger partial charge on any atom is -0.493 e. The van der Waals surface area contributed by atoms with Crippen LogP contribution in [-0.2, 0) is 5.88 Å². The molecule has 1 aromatic carbocycles. The molecule has 3 heteroatoms. The number of nitrogens with zero attached hydrogens (tertiary/aromatic N) is 1. The van der Waals surface area contributed by atoms with Gasteiger partial charge < -0.3 is 4.74 Å². The molecule has 0 fully saturated rings. The zero-order chi connectivity index (χ0) is 12.0. The molecule has 0 unspecified atom stereocenters.